The number of thiazole rings is 1. The smallest absolute Gasteiger partial charge is 0.270 e. The second-order valence-electron chi connectivity index (χ2n) is 8.17. The van der Waals surface area contributed by atoms with Gasteiger partial charge < -0.3 is 4.90 Å². The zero-order valence-electron chi connectivity index (χ0n) is 17.8. The lowest BCUT2D eigenvalue weighted by Crippen LogP contribution is -2.38. The first-order chi connectivity index (χ1) is 16.1. The van der Waals surface area contributed by atoms with Crippen LogP contribution in [-0.4, -0.2) is 48.6 Å². The van der Waals surface area contributed by atoms with Crippen LogP contribution in [0.4, 0.5) is 0 Å². The lowest BCUT2D eigenvalue weighted by atomic mass is 9.97. The number of nitrogens with zero attached hydrogens (tertiary/aromatic N) is 5. The van der Waals surface area contributed by atoms with Crippen LogP contribution in [0.3, 0.4) is 0 Å². The summed E-state index contributed by atoms with van der Waals surface area (Å²) in [6, 6.07) is 10.0. The van der Waals surface area contributed by atoms with Crippen molar-refractivity contribution in [3.8, 4) is 5.95 Å². The minimum atomic E-state index is -0.204. The lowest BCUT2D eigenvalue weighted by Gasteiger charge is -2.31. The van der Waals surface area contributed by atoms with Crippen LogP contribution in [-0.2, 0) is 0 Å². The maximum Gasteiger partial charge on any atom is 0.270 e. The van der Waals surface area contributed by atoms with Gasteiger partial charge in [-0.05, 0) is 43.3 Å². The number of H-pyrrole nitrogens is 1. The van der Waals surface area contributed by atoms with Crippen molar-refractivity contribution in [3.05, 3.63) is 68.5 Å². The van der Waals surface area contributed by atoms with E-state index in [0.29, 0.717) is 46.4 Å². The molecule has 5 heterocycles. The number of para-hydroxylation sites is 1. The molecule has 0 atom stereocenters. The Labute approximate surface area is 196 Å². The van der Waals surface area contributed by atoms with Crippen molar-refractivity contribution in [3.63, 3.8) is 0 Å². The zero-order chi connectivity index (χ0) is 22.5. The maximum absolute atomic E-state index is 13.3. The van der Waals surface area contributed by atoms with Gasteiger partial charge in [0.25, 0.3) is 11.5 Å². The molecule has 1 aromatic carbocycles. The Morgan fingerprint density at radius 2 is 1.94 bits per heavy atom. The van der Waals surface area contributed by atoms with Gasteiger partial charge in [-0.3, -0.25) is 14.6 Å². The van der Waals surface area contributed by atoms with Crippen LogP contribution in [0.25, 0.3) is 26.4 Å². The molecule has 5 aromatic rings. The molecule has 1 N–H and O–H groups in total. The van der Waals surface area contributed by atoms with Crippen molar-refractivity contribution in [1.29, 1.82) is 0 Å². The molecule has 0 radical (unpaired) electrons. The summed E-state index contributed by atoms with van der Waals surface area (Å²) < 4.78 is 3.32. The number of hydrogen-bond acceptors (Lipinski definition) is 7. The predicted molar refractivity (Wildman–Crippen MR) is 130 cm³/mol. The van der Waals surface area contributed by atoms with Crippen LogP contribution in [0.5, 0.6) is 0 Å². The van der Waals surface area contributed by atoms with Gasteiger partial charge in [0.2, 0.25) is 5.95 Å². The minimum absolute atomic E-state index is 0.0412. The van der Waals surface area contributed by atoms with E-state index >= 15 is 0 Å². The topological polar surface area (TPSA) is 96.8 Å². The SMILES string of the molecule is Cc1c(C(=O)N2CCC(c3nc4ccccc4s3)CC2)cnn1-c1nc2ccsc2c(=O)[nH]1. The molecule has 0 bridgehead atoms. The molecule has 8 nitrogen and oxygen atoms in total. The summed E-state index contributed by atoms with van der Waals surface area (Å²) in [5.41, 5.74) is 2.65. The fraction of sp³-hybridized carbons (Fsp3) is 0.261. The number of fused-ring (bicyclic) bond motifs is 2. The number of rotatable bonds is 3. The Bertz CT molecular complexity index is 1520. The molecule has 1 saturated heterocycles. The summed E-state index contributed by atoms with van der Waals surface area (Å²) >= 11 is 3.10. The van der Waals surface area contributed by atoms with Crippen LogP contribution < -0.4 is 5.56 Å². The van der Waals surface area contributed by atoms with Gasteiger partial charge in [0.1, 0.15) is 4.70 Å². The van der Waals surface area contributed by atoms with E-state index in [1.54, 1.807) is 23.6 Å². The van der Waals surface area contributed by atoms with Gasteiger partial charge in [-0.2, -0.15) is 5.10 Å². The Hall–Kier alpha value is -3.37. The van der Waals surface area contributed by atoms with Crippen LogP contribution in [0.15, 0.2) is 46.7 Å². The van der Waals surface area contributed by atoms with Gasteiger partial charge in [0.05, 0.1) is 38.2 Å². The quantitative estimate of drug-likeness (QED) is 0.423. The van der Waals surface area contributed by atoms with Crippen molar-refractivity contribution in [2.75, 3.05) is 13.1 Å². The van der Waals surface area contributed by atoms with E-state index in [2.05, 4.69) is 21.1 Å². The van der Waals surface area contributed by atoms with Gasteiger partial charge >= 0.3 is 0 Å². The predicted octanol–water partition coefficient (Wildman–Crippen LogP) is 4.11. The summed E-state index contributed by atoms with van der Waals surface area (Å²) in [6.07, 6.45) is 3.35. The van der Waals surface area contributed by atoms with E-state index < -0.39 is 0 Å². The Balaban J connectivity index is 1.20. The summed E-state index contributed by atoms with van der Waals surface area (Å²) in [7, 11) is 0. The van der Waals surface area contributed by atoms with E-state index in [1.165, 1.54) is 20.7 Å². The van der Waals surface area contributed by atoms with Crippen molar-refractivity contribution in [1.82, 2.24) is 29.6 Å². The molecule has 0 aliphatic carbocycles. The molecule has 0 unspecified atom stereocenters. The van der Waals surface area contributed by atoms with Crippen molar-refractivity contribution < 1.29 is 4.79 Å². The molecule has 0 saturated carbocycles. The highest BCUT2D eigenvalue weighted by molar-refractivity contribution is 7.18. The molecule has 33 heavy (non-hydrogen) atoms. The summed E-state index contributed by atoms with van der Waals surface area (Å²) in [6.45, 7) is 3.19. The molecule has 1 aliphatic rings. The van der Waals surface area contributed by atoms with E-state index in [1.807, 2.05) is 35.4 Å². The molecule has 4 aromatic heterocycles. The van der Waals surface area contributed by atoms with E-state index in [4.69, 9.17) is 4.98 Å². The molecule has 1 amide bonds. The average Bonchev–Trinajstić information content (AvgIpc) is 3.56. The number of piperidine rings is 1. The van der Waals surface area contributed by atoms with Gasteiger partial charge in [0, 0.05) is 19.0 Å². The fourth-order valence-corrected chi connectivity index (χ4v) is 6.22. The molecule has 6 rings (SSSR count). The van der Waals surface area contributed by atoms with Crippen LogP contribution in [0.1, 0.15) is 39.8 Å². The molecular formula is C23H20N6O2S2. The number of carbonyl (C=O) groups is 1. The van der Waals surface area contributed by atoms with E-state index in [9.17, 15) is 9.59 Å². The molecule has 10 heteroatoms. The number of likely N-dealkylation sites (tertiary alicyclic amines) is 1. The number of nitrogens with one attached hydrogen (secondary N) is 1. The van der Waals surface area contributed by atoms with Crippen molar-refractivity contribution in [2.24, 2.45) is 0 Å². The molecule has 1 fully saturated rings. The average molecular weight is 477 g/mol. The summed E-state index contributed by atoms with van der Waals surface area (Å²) in [4.78, 5) is 39.6. The minimum Gasteiger partial charge on any atom is -0.338 e. The van der Waals surface area contributed by atoms with E-state index in [-0.39, 0.29) is 11.5 Å². The van der Waals surface area contributed by atoms with Gasteiger partial charge in [-0.15, -0.1) is 22.7 Å². The molecule has 0 spiro atoms. The number of thiophene rings is 1. The van der Waals surface area contributed by atoms with Gasteiger partial charge in [-0.1, -0.05) is 12.1 Å². The number of benzene rings is 1. The highest BCUT2D eigenvalue weighted by atomic mass is 32.1. The largest absolute Gasteiger partial charge is 0.338 e. The number of aromatic nitrogens is 5. The first-order valence-electron chi connectivity index (χ1n) is 10.8. The number of amides is 1. The Kier molecular flexibility index (Phi) is 4.84. The maximum atomic E-state index is 13.3. The highest BCUT2D eigenvalue weighted by Crippen LogP contribution is 2.34. The Morgan fingerprint density at radius 3 is 2.76 bits per heavy atom. The third-order valence-corrected chi connectivity index (χ3v) is 8.29. The molecule has 166 valence electrons. The van der Waals surface area contributed by atoms with Crippen LogP contribution in [0, 0.1) is 6.92 Å². The highest BCUT2D eigenvalue weighted by Gasteiger charge is 2.28. The normalized spacial score (nSPS) is 15.0. The second kappa shape index (κ2) is 7.89. The van der Waals surface area contributed by atoms with Crippen molar-refractivity contribution >= 4 is 49.0 Å². The third-order valence-electron chi connectivity index (χ3n) is 6.19. The summed E-state index contributed by atoms with van der Waals surface area (Å²) in [5.74, 6) is 0.652. The van der Waals surface area contributed by atoms with Crippen LogP contribution in [0.2, 0.25) is 0 Å². The lowest BCUT2D eigenvalue weighted by molar-refractivity contribution is 0.0712. The van der Waals surface area contributed by atoms with Crippen molar-refractivity contribution in [2.45, 2.75) is 25.7 Å². The number of hydrogen-bond donors (Lipinski definition) is 1. The monoisotopic (exact) mass is 476 g/mol. The standard InChI is InChI=1S/C23H20N6O2S2/c1-13-15(12-24-29(13)23-26-17-8-11-32-19(17)20(30)27-23)22(31)28-9-6-14(7-10-28)21-25-16-4-2-3-5-18(16)33-21/h2-5,8,11-12,14H,6-7,9-10H2,1H3,(H,26,27,30). The Morgan fingerprint density at radius 1 is 1.12 bits per heavy atom. The number of aromatic amines is 1. The third kappa shape index (κ3) is 3.46. The number of carbonyl (C=O) groups excluding carboxylic acids is 1. The second-order valence-corrected chi connectivity index (χ2v) is 10.1. The van der Waals surface area contributed by atoms with Gasteiger partial charge in [0.15, 0.2) is 0 Å². The molecule has 1 aliphatic heterocycles. The summed E-state index contributed by atoms with van der Waals surface area (Å²) in [5, 5.41) is 7.34. The fourth-order valence-electron chi connectivity index (χ4n) is 4.36. The van der Waals surface area contributed by atoms with E-state index in [0.717, 1.165) is 23.4 Å². The molecular weight excluding hydrogens is 456 g/mol. The zero-order valence-corrected chi connectivity index (χ0v) is 19.4. The van der Waals surface area contributed by atoms with Crippen LogP contribution >= 0.6 is 22.7 Å². The van der Waals surface area contributed by atoms with Gasteiger partial charge in [-0.25, -0.2) is 14.6 Å². The first kappa shape index (κ1) is 20.3. The first-order valence-corrected chi connectivity index (χ1v) is 12.5.